The molecule has 1 unspecified atom stereocenters. The molecule has 0 radical (unpaired) electrons. The summed E-state index contributed by atoms with van der Waals surface area (Å²) in [6.07, 6.45) is 2.50. The molecule has 0 aromatic carbocycles. The van der Waals surface area contributed by atoms with Gasteiger partial charge in [0.05, 0.1) is 12.7 Å². The van der Waals surface area contributed by atoms with Crippen molar-refractivity contribution in [3.8, 4) is 0 Å². The van der Waals surface area contributed by atoms with Crippen molar-refractivity contribution >= 4 is 0 Å². The van der Waals surface area contributed by atoms with E-state index in [1.165, 1.54) is 4.68 Å². The third-order valence-electron chi connectivity index (χ3n) is 1.34. The van der Waals surface area contributed by atoms with Crippen molar-refractivity contribution in [3.63, 3.8) is 0 Å². The Morgan fingerprint density at radius 1 is 1.82 bits per heavy atom. The minimum atomic E-state index is -0.936. The molecule has 0 aliphatic rings. The molecule has 1 aromatic rings. The van der Waals surface area contributed by atoms with Crippen LogP contribution in [0, 0.1) is 6.92 Å². The highest BCUT2D eigenvalue weighted by Gasteiger charge is 2.03. The molecule has 0 saturated carbocycles. The normalized spacial score (nSPS) is 13.4. The van der Waals surface area contributed by atoms with E-state index >= 15 is 0 Å². The van der Waals surface area contributed by atoms with Gasteiger partial charge in [-0.05, 0) is 12.5 Å². The lowest BCUT2D eigenvalue weighted by Crippen LogP contribution is -2.17. The highest BCUT2D eigenvalue weighted by Crippen LogP contribution is 1.96. The maximum absolute atomic E-state index is 11.8. The van der Waals surface area contributed by atoms with E-state index < -0.39 is 12.8 Å². The summed E-state index contributed by atoms with van der Waals surface area (Å²) in [5.74, 6) is 0. The van der Waals surface area contributed by atoms with Gasteiger partial charge in [-0.25, -0.2) is 4.39 Å². The Morgan fingerprint density at radius 2 is 2.55 bits per heavy atom. The summed E-state index contributed by atoms with van der Waals surface area (Å²) in [7, 11) is 0. The fraction of sp³-hybridized carbons (Fsp3) is 0.571. The summed E-state index contributed by atoms with van der Waals surface area (Å²) in [4.78, 5) is 0. The van der Waals surface area contributed by atoms with Gasteiger partial charge in [0.2, 0.25) is 0 Å². The van der Waals surface area contributed by atoms with Gasteiger partial charge in [-0.15, -0.1) is 0 Å². The Hall–Kier alpha value is -0.900. The number of aryl methyl sites for hydroxylation is 1. The van der Waals surface area contributed by atoms with Crippen molar-refractivity contribution in [1.82, 2.24) is 9.78 Å². The number of aliphatic hydroxyl groups excluding tert-OH is 1. The van der Waals surface area contributed by atoms with Crippen LogP contribution < -0.4 is 0 Å². The minimum absolute atomic E-state index is 0.227. The molecule has 0 amide bonds. The smallest absolute Gasteiger partial charge is 0.117 e. The van der Waals surface area contributed by atoms with Crippen molar-refractivity contribution in [2.45, 2.75) is 19.6 Å². The van der Waals surface area contributed by atoms with Gasteiger partial charge in [0, 0.05) is 6.20 Å². The summed E-state index contributed by atoms with van der Waals surface area (Å²) in [5, 5.41) is 12.8. The van der Waals surface area contributed by atoms with E-state index in [0.717, 1.165) is 5.56 Å². The van der Waals surface area contributed by atoms with Gasteiger partial charge in [0.1, 0.15) is 12.8 Å². The number of halogens is 1. The van der Waals surface area contributed by atoms with E-state index in [1.807, 2.05) is 6.92 Å². The van der Waals surface area contributed by atoms with Crippen molar-refractivity contribution in [1.29, 1.82) is 0 Å². The lowest BCUT2D eigenvalue weighted by atomic mass is 10.4. The first-order chi connectivity index (χ1) is 5.22. The van der Waals surface area contributed by atoms with Gasteiger partial charge in [-0.2, -0.15) is 5.10 Å². The lowest BCUT2D eigenvalue weighted by molar-refractivity contribution is 0.118. The lowest BCUT2D eigenvalue weighted by Gasteiger charge is -2.04. The molecule has 4 heteroatoms. The SMILES string of the molecule is Cc1cnn(CC(O)CF)c1. The second-order valence-electron chi connectivity index (χ2n) is 2.55. The number of hydrogen-bond acceptors (Lipinski definition) is 2. The molecule has 1 aromatic heterocycles. The monoisotopic (exact) mass is 158 g/mol. The molecule has 0 fully saturated rings. The van der Waals surface area contributed by atoms with Crippen LogP contribution in [0.15, 0.2) is 12.4 Å². The van der Waals surface area contributed by atoms with Crippen molar-refractivity contribution < 1.29 is 9.50 Å². The van der Waals surface area contributed by atoms with Crippen LogP contribution in [0.4, 0.5) is 4.39 Å². The maximum Gasteiger partial charge on any atom is 0.117 e. The van der Waals surface area contributed by atoms with Crippen molar-refractivity contribution in [3.05, 3.63) is 18.0 Å². The zero-order valence-corrected chi connectivity index (χ0v) is 6.37. The summed E-state index contributed by atoms with van der Waals surface area (Å²) in [6.45, 7) is 1.40. The molecule has 0 spiro atoms. The quantitative estimate of drug-likeness (QED) is 0.696. The van der Waals surface area contributed by atoms with Crippen LogP contribution in [0.25, 0.3) is 0 Å². The topological polar surface area (TPSA) is 38.0 Å². The summed E-state index contributed by atoms with van der Waals surface area (Å²) in [6, 6.07) is 0. The molecule has 0 bridgehead atoms. The Balaban J connectivity index is 2.50. The molecule has 1 rings (SSSR count). The van der Waals surface area contributed by atoms with Crippen molar-refractivity contribution in [2.75, 3.05) is 6.67 Å². The fourth-order valence-electron chi connectivity index (χ4n) is 0.832. The average molecular weight is 158 g/mol. The Bertz CT molecular complexity index is 224. The van der Waals surface area contributed by atoms with Crippen LogP contribution in [0.2, 0.25) is 0 Å². The number of nitrogens with zero attached hydrogens (tertiary/aromatic N) is 2. The van der Waals surface area contributed by atoms with Crippen LogP contribution in [0.1, 0.15) is 5.56 Å². The number of aliphatic hydroxyl groups is 1. The van der Waals surface area contributed by atoms with E-state index in [4.69, 9.17) is 5.11 Å². The highest BCUT2D eigenvalue weighted by molar-refractivity contribution is 4.99. The first kappa shape index (κ1) is 8.20. The standard InChI is InChI=1S/C7H11FN2O/c1-6-3-9-10(4-6)5-7(11)2-8/h3-4,7,11H,2,5H2,1H3. The molecule has 1 atom stereocenters. The molecular formula is C7H11FN2O. The first-order valence-electron chi connectivity index (χ1n) is 3.45. The summed E-state index contributed by atoms with van der Waals surface area (Å²) >= 11 is 0. The van der Waals surface area contributed by atoms with Crippen molar-refractivity contribution in [2.24, 2.45) is 0 Å². The molecule has 0 aliphatic heterocycles. The van der Waals surface area contributed by atoms with E-state index in [-0.39, 0.29) is 6.54 Å². The molecule has 1 N–H and O–H groups in total. The molecule has 1 heterocycles. The Labute approximate surface area is 64.5 Å². The zero-order chi connectivity index (χ0) is 8.27. The molecule has 62 valence electrons. The number of rotatable bonds is 3. The van der Waals surface area contributed by atoms with E-state index in [2.05, 4.69) is 5.10 Å². The molecule has 0 aliphatic carbocycles. The van der Waals surface area contributed by atoms with Crippen LogP contribution in [0.3, 0.4) is 0 Å². The summed E-state index contributed by atoms with van der Waals surface area (Å²) < 4.78 is 13.3. The zero-order valence-electron chi connectivity index (χ0n) is 6.37. The first-order valence-corrected chi connectivity index (χ1v) is 3.45. The third kappa shape index (κ3) is 2.31. The summed E-state index contributed by atoms with van der Waals surface area (Å²) in [5.41, 5.74) is 1.01. The van der Waals surface area contributed by atoms with Gasteiger partial charge in [0.15, 0.2) is 0 Å². The molecule has 0 saturated heterocycles. The van der Waals surface area contributed by atoms with Gasteiger partial charge < -0.3 is 5.11 Å². The number of aromatic nitrogens is 2. The predicted molar refractivity (Wildman–Crippen MR) is 38.9 cm³/mol. The average Bonchev–Trinajstić information content (AvgIpc) is 2.35. The molecular weight excluding hydrogens is 147 g/mol. The fourth-order valence-corrected chi connectivity index (χ4v) is 0.832. The Kier molecular flexibility index (Phi) is 2.59. The Morgan fingerprint density at radius 3 is 3.00 bits per heavy atom. The van der Waals surface area contributed by atoms with E-state index in [0.29, 0.717) is 0 Å². The van der Waals surface area contributed by atoms with Crippen LogP contribution in [-0.2, 0) is 6.54 Å². The van der Waals surface area contributed by atoms with Crippen LogP contribution in [0.5, 0.6) is 0 Å². The highest BCUT2D eigenvalue weighted by atomic mass is 19.1. The second-order valence-corrected chi connectivity index (χ2v) is 2.55. The van der Waals surface area contributed by atoms with Gasteiger partial charge >= 0.3 is 0 Å². The second kappa shape index (κ2) is 3.48. The number of alkyl halides is 1. The van der Waals surface area contributed by atoms with Crippen LogP contribution >= 0.6 is 0 Å². The molecule has 3 nitrogen and oxygen atoms in total. The van der Waals surface area contributed by atoms with E-state index in [1.54, 1.807) is 12.4 Å². The van der Waals surface area contributed by atoms with Crippen LogP contribution in [-0.4, -0.2) is 27.7 Å². The van der Waals surface area contributed by atoms with Gasteiger partial charge in [0.25, 0.3) is 0 Å². The van der Waals surface area contributed by atoms with Gasteiger partial charge in [-0.1, -0.05) is 0 Å². The minimum Gasteiger partial charge on any atom is -0.388 e. The maximum atomic E-state index is 11.8. The largest absolute Gasteiger partial charge is 0.388 e. The third-order valence-corrected chi connectivity index (χ3v) is 1.34. The molecule has 11 heavy (non-hydrogen) atoms. The van der Waals surface area contributed by atoms with Gasteiger partial charge in [-0.3, -0.25) is 4.68 Å². The van der Waals surface area contributed by atoms with E-state index in [9.17, 15) is 4.39 Å². The number of hydrogen-bond donors (Lipinski definition) is 1. The predicted octanol–water partition coefficient (Wildman–Crippen LogP) is 0.522.